The van der Waals surface area contributed by atoms with Crippen molar-refractivity contribution in [2.45, 2.75) is 84.0 Å². The summed E-state index contributed by atoms with van der Waals surface area (Å²) in [6.45, 7) is 2.21. The van der Waals surface area contributed by atoms with Gasteiger partial charge in [-0.05, 0) is 97.3 Å². The van der Waals surface area contributed by atoms with Gasteiger partial charge in [0.05, 0.1) is 6.67 Å². The fourth-order valence-corrected chi connectivity index (χ4v) is 6.08. The van der Waals surface area contributed by atoms with E-state index in [0.717, 1.165) is 30.1 Å². The predicted molar refractivity (Wildman–Crippen MR) is 131 cm³/mol. The zero-order valence-corrected chi connectivity index (χ0v) is 19.5. The summed E-state index contributed by atoms with van der Waals surface area (Å²) in [7, 11) is 0. The third kappa shape index (κ3) is 6.43. The zero-order chi connectivity index (χ0) is 21.5. The molecule has 0 unspecified atom stereocenters. The number of aryl methyl sites for hydroxylation is 2. The molecule has 1 heteroatoms. The molecule has 0 amide bonds. The predicted octanol–water partition coefficient (Wildman–Crippen LogP) is 8.82. The Morgan fingerprint density at radius 3 is 1.65 bits per heavy atom. The molecule has 2 aromatic carbocycles. The molecule has 2 saturated carbocycles. The molecule has 0 aromatic heterocycles. The third-order valence-corrected chi connectivity index (χ3v) is 8.30. The van der Waals surface area contributed by atoms with Gasteiger partial charge in [0.2, 0.25) is 0 Å². The minimum Gasteiger partial charge on any atom is -0.251 e. The highest BCUT2D eigenvalue weighted by Crippen LogP contribution is 2.42. The molecule has 2 aromatic rings. The largest absolute Gasteiger partial charge is 0.251 e. The van der Waals surface area contributed by atoms with Gasteiger partial charge in [0.25, 0.3) is 0 Å². The quantitative estimate of drug-likeness (QED) is 0.400. The van der Waals surface area contributed by atoms with E-state index in [1.54, 1.807) is 0 Å². The lowest BCUT2D eigenvalue weighted by molar-refractivity contribution is 0.148. The number of alkyl halides is 1. The van der Waals surface area contributed by atoms with Gasteiger partial charge in [-0.1, -0.05) is 81.1 Å². The summed E-state index contributed by atoms with van der Waals surface area (Å²) in [4.78, 5) is 0. The third-order valence-electron chi connectivity index (χ3n) is 8.30. The second-order valence-corrected chi connectivity index (χ2v) is 10.5. The number of rotatable bonds is 8. The van der Waals surface area contributed by atoms with Gasteiger partial charge in [-0.2, -0.15) is 0 Å². The summed E-state index contributed by atoms with van der Waals surface area (Å²) in [5.41, 5.74) is 5.24. The van der Waals surface area contributed by atoms with Crippen molar-refractivity contribution < 1.29 is 4.39 Å². The minimum atomic E-state index is -0.232. The maximum Gasteiger partial charge on any atom is 0.0897 e. The number of hydrogen-bond donors (Lipinski definition) is 0. The average molecular weight is 421 g/mol. The standard InChI is InChI=1S/C30H41F/c1-23-4-14-27(15-5-23)28-18-10-25(11-19-28)6-7-26-12-20-30(21-13-26)29-16-8-24(9-17-29)3-2-22-31/h8-9,12-13,16-17,20-21,23,25,27-28H,2-7,10-11,14-15,18-19,22H2,1H3. The Labute approximate surface area is 189 Å². The molecule has 2 aliphatic rings. The molecule has 0 nitrogen and oxygen atoms in total. The Balaban J connectivity index is 1.21. The molecule has 31 heavy (non-hydrogen) atoms. The molecule has 168 valence electrons. The van der Waals surface area contributed by atoms with Crippen LogP contribution in [-0.2, 0) is 12.8 Å². The molecule has 4 rings (SSSR count). The van der Waals surface area contributed by atoms with Gasteiger partial charge in [-0.3, -0.25) is 4.39 Å². The zero-order valence-electron chi connectivity index (χ0n) is 19.5. The van der Waals surface area contributed by atoms with Crippen molar-refractivity contribution in [3.8, 4) is 11.1 Å². The molecule has 2 fully saturated rings. The topological polar surface area (TPSA) is 0 Å². The Morgan fingerprint density at radius 2 is 1.13 bits per heavy atom. The Hall–Kier alpha value is -1.63. The molecule has 0 aliphatic heterocycles. The summed E-state index contributed by atoms with van der Waals surface area (Å²) >= 11 is 0. The van der Waals surface area contributed by atoms with Crippen molar-refractivity contribution in [1.82, 2.24) is 0 Å². The Morgan fingerprint density at radius 1 is 0.645 bits per heavy atom. The monoisotopic (exact) mass is 420 g/mol. The highest BCUT2D eigenvalue weighted by atomic mass is 19.1. The molecule has 0 bridgehead atoms. The fraction of sp³-hybridized carbons (Fsp3) is 0.600. The van der Waals surface area contributed by atoms with Crippen LogP contribution in [0.1, 0.15) is 82.3 Å². The van der Waals surface area contributed by atoms with Gasteiger partial charge < -0.3 is 0 Å². The molecule has 2 aliphatic carbocycles. The molecular weight excluding hydrogens is 379 g/mol. The lowest BCUT2D eigenvalue weighted by Crippen LogP contribution is -2.25. The molecule has 0 N–H and O–H groups in total. The van der Waals surface area contributed by atoms with Crippen LogP contribution < -0.4 is 0 Å². The summed E-state index contributed by atoms with van der Waals surface area (Å²) in [6.07, 6.45) is 15.9. The van der Waals surface area contributed by atoms with Gasteiger partial charge in [-0.25, -0.2) is 0 Å². The van der Waals surface area contributed by atoms with Crippen LogP contribution in [0.3, 0.4) is 0 Å². The van der Waals surface area contributed by atoms with Crippen molar-refractivity contribution in [3.05, 3.63) is 59.7 Å². The summed E-state index contributed by atoms with van der Waals surface area (Å²) in [5, 5.41) is 0. The van der Waals surface area contributed by atoms with Crippen molar-refractivity contribution in [3.63, 3.8) is 0 Å². The van der Waals surface area contributed by atoms with Crippen LogP contribution in [0, 0.1) is 23.7 Å². The van der Waals surface area contributed by atoms with Crippen LogP contribution in [0.5, 0.6) is 0 Å². The normalized spacial score (nSPS) is 26.6. The summed E-state index contributed by atoms with van der Waals surface area (Å²) < 4.78 is 12.3. The van der Waals surface area contributed by atoms with E-state index in [1.165, 1.54) is 86.5 Å². The minimum absolute atomic E-state index is 0.232. The van der Waals surface area contributed by atoms with E-state index < -0.39 is 0 Å². The highest BCUT2D eigenvalue weighted by molar-refractivity contribution is 5.64. The van der Waals surface area contributed by atoms with Crippen LogP contribution in [0.25, 0.3) is 11.1 Å². The highest BCUT2D eigenvalue weighted by Gasteiger charge is 2.29. The smallest absolute Gasteiger partial charge is 0.0897 e. The van der Waals surface area contributed by atoms with Gasteiger partial charge in [0.15, 0.2) is 0 Å². The first-order valence-electron chi connectivity index (χ1n) is 13.0. The first kappa shape index (κ1) is 22.6. The summed E-state index contributed by atoms with van der Waals surface area (Å²) in [6, 6.07) is 17.8. The van der Waals surface area contributed by atoms with E-state index in [-0.39, 0.29) is 6.67 Å². The van der Waals surface area contributed by atoms with Crippen molar-refractivity contribution in [2.75, 3.05) is 6.67 Å². The second kappa shape index (κ2) is 11.3. The first-order chi connectivity index (χ1) is 15.2. The van der Waals surface area contributed by atoms with E-state index in [9.17, 15) is 4.39 Å². The van der Waals surface area contributed by atoms with Crippen LogP contribution in [0.4, 0.5) is 4.39 Å². The molecular formula is C30H41F. The van der Waals surface area contributed by atoms with Crippen molar-refractivity contribution in [1.29, 1.82) is 0 Å². The van der Waals surface area contributed by atoms with Crippen molar-refractivity contribution >= 4 is 0 Å². The number of hydrogen-bond acceptors (Lipinski definition) is 0. The van der Waals surface area contributed by atoms with E-state index in [0.29, 0.717) is 6.42 Å². The molecule has 0 spiro atoms. The lowest BCUT2D eigenvalue weighted by atomic mass is 9.69. The van der Waals surface area contributed by atoms with E-state index in [1.807, 2.05) is 0 Å². The van der Waals surface area contributed by atoms with Crippen LogP contribution >= 0.6 is 0 Å². The SMILES string of the molecule is CC1CCC(C2CCC(CCc3ccc(-c4ccc(CCCF)cc4)cc3)CC2)CC1. The van der Waals surface area contributed by atoms with Crippen LogP contribution in [0.15, 0.2) is 48.5 Å². The van der Waals surface area contributed by atoms with Crippen LogP contribution in [0.2, 0.25) is 0 Å². The van der Waals surface area contributed by atoms with Gasteiger partial charge in [-0.15, -0.1) is 0 Å². The average Bonchev–Trinajstić information content (AvgIpc) is 2.83. The van der Waals surface area contributed by atoms with E-state index >= 15 is 0 Å². The number of halogens is 1. The van der Waals surface area contributed by atoms with E-state index in [2.05, 4.69) is 55.5 Å². The van der Waals surface area contributed by atoms with Crippen molar-refractivity contribution in [2.24, 2.45) is 23.7 Å². The van der Waals surface area contributed by atoms with Crippen LogP contribution in [-0.4, -0.2) is 6.67 Å². The lowest BCUT2D eigenvalue weighted by Gasteiger charge is -2.37. The maximum atomic E-state index is 12.3. The maximum absolute atomic E-state index is 12.3. The van der Waals surface area contributed by atoms with Gasteiger partial charge in [0.1, 0.15) is 0 Å². The second-order valence-electron chi connectivity index (χ2n) is 10.5. The Kier molecular flexibility index (Phi) is 8.22. The van der Waals surface area contributed by atoms with E-state index in [4.69, 9.17) is 0 Å². The van der Waals surface area contributed by atoms with Gasteiger partial charge in [0, 0.05) is 0 Å². The fourth-order valence-electron chi connectivity index (χ4n) is 6.08. The first-order valence-corrected chi connectivity index (χ1v) is 13.0. The Bertz CT molecular complexity index is 759. The van der Waals surface area contributed by atoms with Gasteiger partial charge >= 0.3 is 0 Å². The molecule has 0 radical (unpaired) electrons. The molecule has 0 heterocycles. The number of benzene rings is 2. The summed E-state index contributed by atoms with van der Waals surface area (Å²) in [5.74, 6) is 4.00. The molecule has 0 saturated heterocycles. The molecule has 0 atom stereocenters.